The van der Waals surface area contributed by atoms with Gasteiger partial charge in [0.25, 0.3) is 0 Å². The van der Waals surface area contributed by atoms with Crippen LogP contribution in [0.3, 0.4) is 0 Å². The summed E-state index contributed by atoms with van der Waals surface area (Å²) in [6, 6.07) is 43.8. The van der Waals surface area contributed by atoms with E-state index < -0.39 is 0 Å². The van der Waals surface area contributed by atoms with Crippen LogP contribution in [0.2, 0.25) is 0 Å². The molecule has 2 nitrogen and oxygen atoms in total. The van der Waals surface area contributed by atoms with E-state index in [4.69, 9.17) is 0 Å². The molecule has 0 spiro atoms. The third-order valence-electron chi connectivity index (χ3n) is 8.36. The SMILES string of the molecule is Brc1ccc2c(-c3ccccc3)c3ccccc3c(-c3ccccc3)c2c1.O=C1c2ccccc2C(=O)C2C=C(Br)C=CC12. The first kappa shape index (κ1) is 28.4. The number of halogens is 2. The largest absolute Gasteiger partial charge is 0.293 e. The number of ketones is 2. The normalized spacial score (nSPS) is 17.0. The molecule has 0 aromatic heterocycles. The lowest BCUT2D eigenvalue weighted by molar-refractivity contribution is 0.0801. The van der Waals surface area contributed by atoms with Crippen LogP contribution in [-0.4, -0.2) is 11.6 Å². The van der Waals surface area contributed by atoms with E-state index in [1.807, 2.05) is 18.2 Å². The van der Waals surface area contributed by atoms with Crippen molar-refractivity contribution in [3.8, 4) is 22.3 Å². The standard InChI is InChI=1S/C26H17Br.C14H9BrO2/c27-20-15-16-23-24(17-20)26(19-11-5-2-6-12-19)22-14-8-7-13-21(22)25(23)18-9-3-1-4-10-18;15-8-5-6-11-12(7-8)14(17)10-4-2-1-3-9(10)13(11)16/h1-17H;1-7,11-12H. The molecule has 8 rings (SSSR count). The second kappa shape index (κ2) is 12.0. The molecular formula is C40H26Br2O2. The van der Waals surface area contributed by atoms with Crippen molar-refractivity contribution in [3.63, 3.8) is 0 Å². The van der Waals surface area contributed by atoms with Crippen LogP contribution in [0.5, 0.6) is 0 Å². The summed E-state index contributed by atoms with van der Waals surface area (Å²) in [7, 11) is 0. The molecule has 6 aromatic carbocycles. The molecule has 212 valence electrons. The van der Waals surface area contributed by atoms with Crippen molar-refractivity contribution in [2.45, 2.75) is 0 Å². The highest BCUT2D eigenvalue weighted by molar-refractivity contribution is 9.12. The van der Waals surface area contributed by atoms with Gasteiger partial charge in [-0.05, 0) is 55.9 Å². The van der Waals surface area contributed by atoms with E-state index in [1.54, 1.807) is 24.3 Å². The minimum Gasteiger partial charge on any atom is -0.293 e. The van der Waals surface area contributed by atoms with Crippen LogP contribution in [-0.2, 0) is 0 Å². The van der Waals surface area contributed by atoms with Gasteiger partial charge in [-0.15, -0.1) is 0 Å². The first-order valence-electron chi connectivity index (χ1n) is 14.5. The molecule has 4 heteroatoms. The van der Waals surface area contributed by atoms with E-state index in [0.717, 1.165) is 8.96 Å². The van der Waals surface area contributed by atoms with Gasteiger partial charge in [0.05, 0.1) is 11.8 Å². The van der Waals surface area contributed by atoms with Crippen LogP contribution in [0.1, 0.15) is 20.7 Å². The van der Waals surface area contributed by atoms with Gasteiger partial charge in [0.2, 0.25) is 0 Å². The van der Waals surface area contributed by atoms with Crippen molar-refractivity contribution in [2.75, 3.05) is 0 Å². The molecule has 2 aliphatic carbocycles. The minimum atomic E-state index is -0.350. The summed E-state index contributed by atoms with van der Waals surface area (Å²) in [4.78, 5) is 24.5. The number of carbonyl (C=O) groups is 2. The number of fused-ring (bicyclic) bond motifs is 4. The molecule has 0 radical (unpaired) electrons. The lowest BCUT2D eigenvalue weighted by Gasteiger charge is -2.28. The Labute approximate surface area is 273 Å². The second-order valence-corrected chi connectivity index (χ2v) is 12.8. The highest BCUT2D eigenvalue weighted by Crippen LogP contribution is 2.44. The van der Waals surface area contributed by atoms with Crippen LogP contribution in [0, 0.1) is 11.8 Å². The maximum absolute atomic E-state index is 12.3. The number of benzene rings is 6. The molecule has 0 saturated heterocycles. The predicted molar refractivity (Wildman–Crippen MR) is 188 cm³/mol. The third kappa shape index (κ3) is 5.08. The topological polar surface area (TPSA) is 34.1 Å². The number of hydrogen-bond acceptors (Lipinski definition) is 2. The predicted octanol–water partition coefficient (Wildman–Crippen LogP) is 11.2. The van der Waals surface area contributed by atoms with E-state index in [-0.39, 0.29) is 23.4 Å². The van der Waals surface area contributed by atoms with Crippen molar-refractivity contribution < 1.29 is 9.59 Å². The summed E-state index contributed by atoms with van der Waals surface area (Å²) >= 11 is 7.03. The molecule has 0 aliphatic heterocycles. The van der Waals surface area contributed by atoms with Crippen LogP contribution >= 0.6 is 31.9 Å². The maximum atomic E-state index is 12.3. The number of Topliss-reactive ketones (excluding diaryl/α,β-unsaturated/α-hetero) is 2. The Bertz CT molecular complexity index is 2130. The smallest absolute Gasteiger partial charge is 0.171 e. The highest BCUT2D eigenvalue weighted by Gasteiger charge is 2.39. The van der Waals surface area contributed by atoms with Crippen molar-refractivity contribution >= 4 is 65.0 Å². The summed E-state index contributed by atoms with van der Waals surface area (Å²) in [5.41, 5.74) is 6.19. The van der Waals surface area contributed by atoms with Crippen LogP contribution < -0.4 is 0 Å². The maximum Gasteiger partial charge on any atom is 0.171 e. The van der Waals surface area contributed by atoms with Gasteiger partial charge in [0.15, 0.2) is 11.6 Å². The van der Waals surface area contributed by atoms with Crippen molar-refractivity contribution in [2.24, 2.45) is 11.8 Å². The van der Waals surface area contributed by atoms with Gasteiger partial charge in [-0.1, -0.05) is 165 Å². The summed E-state index contributed by atoms with van der Waals surface area (Å²) < 4.78 is 1.96. The number of allylic oxidation sites excluding steroid dienone is 4. The lowest BCUT2D eigenvalue weighted by atomic mass is 9.72. The molecule has 44 heavy (non-hydrogen) atoms. The Morgan fingerprint density at radius 3 is 1.55 bits per heavy atom. The molecule has 0 N–H and O–H groups in total. The summed E-state index contributed by atoms with van der Waals surface area (Å²) in [5.74, 6) is -0.611. The van der Waals surface area contributed by atoms with Crippen LogP contribution in [0.15, 0.2) is 155 Å². The number of hydrogen-bond donors (Lipinski definition) is 0. The Kier molecular flexibility index (Phi) is 7.71. The van der Waals surface area contributed by atoms with Gasteiger partial charge in [-0.3, -0.25) is 9.59 Å². The molecule has 6 aromatic rings. The fraction of sp³-hybridized carbons (Fsp3) is 0.0500. The average Bonchev–Trinajstić information content (AvgIpc) is 3.07. The molecule has 0 bridgehead atoms. The van der Waals surface area contributed by atoms with E-state index in [2.05, 4.69) is 135 Å². The van der Waals surface area contributed by atoms with Crippen LogP contribution in [0.4, 0.5) is 0 Å². The Morgan fingerprint density at radius 1 is 0.477 bits per heavy atom. The average molecular weight is 698 g/mol. The summed E-state index contributed by atoms with van der Waals surface area (Å²) in [5, 5.41) is 5.13. The minimum absolute atomic E-state index is 0.0338. The van der Waals surface area contributed by atoms with Crippen molar-refractivity contribution in [1.29, 1.82) is 0 Å². The zero-order valence-electron chi connectivity index (χ0n) is 23.6. The molecule has 0 amide bonds. The van der Waals surface area contributed by atoms with Gasteiger partial charge >= 0.3 is 0 Å². The zero-order valence-corrected chi connectivity index (χ0v) is 26.8. The monoisotopic (exact) mass is 696 g/mol. The molecule has 2 unspecified atom stereocenters. The van der Waals surface area contributed by atoms with Crippen molar-refractivity contribution in [3.05, 3.63) is 166 Å². The lowest BCUT2D eigenvalue weighted by Crippen LogP contribution is -2.35. The fourth-order valence-electron chi connectivity index (χ4n) is 6.39. The zero-order chi connectivity index (χ0) is 30.2. The first-order valence-corrected chi connectivity index (χ1v) is 16.1. The van der Waals surface area contributed by atoms with Crippen molar-refractivity contribution in [1.82, 2.24) is 0 Å². The molecule has 2 atom stereocenters. The quantitative estimate of drug-likeness (QED) is 0.169. The summed E-state index contributed by atoms with van der Waals surface area (Å²) in [6.45, 7) is 0. The summed E-state index contributed by atoms with van der Waals surface area (Å²) in [6.07, 6.45) is 5.46. The second-order valence-electron chi connectivity index (χ2n) is 11.0. The molecule has 0 heterocycles. The number of rotatable bonds is 2. The Hall–Kier alpha value is -4.38. The van der Waals surface area contributed by atoms with E-state index in [9.17, 15) is 9.59 Å². The molecule has 0 fully saturated rings. The Balaban J connectivity index is 0.000000158. The van der Waals surface area contributed by atoms with Gasteiger partial charge < -0.3 is 0 Å². The number of carbonyl (C=O) groups excluding carboxylic acids is 2. The van der Waals surface area contributed by atoms with Gasteiger partial charge in [-0.2, -0.15) is 0 Å². The van der Waals surface area contributed by atoms with E-state index in [1.165, 1.54) is 43.8 Å². The first-order chi connectivity index (χ1) is 21.5. The van der Waals surface area contributed by atoms with Gasteiger partial charge in [0, 0.05) is 20.1 Å². The van der Waals surface area contributed by atoms with Crippen LogP contribution in [0.25, 0.3) is 43.8 Å². The molecular weight excluding hydrogens is 672 g/mol. The van der Waals surface area contributed by atoms with Gasteiger partial charge in [-0.25, -0.2) is 0 Å². The highest BCUT2D eigenvalue weighted by atomic mass is 79.9. The van der Waals surface area contributed by atoms with E-state index in [0.29, 0.717) is 11.1 Å². The van der Waals surface area contributed by atoms with E-state index >= 15 is 0 Å². The third-order valence-corrected chi connectivity index (χ3v) is 9.38. The fourth-order valence-corrected chi connectivity index (χ4v) is 7.19. The Morgan fingerprint density at radius 2 is 0.955 bits per heavy atom. The van der Waals surface area contributed by atoms with Gasteiger partial charge in [0.1, 0.15) is 0 Å². The molecule has 0 saturated carbocycles. The molecule has 2 aliphatic rings.